The second kappa shape index (κ2) is 8.97. The van der Waals surface area contributed by atoms with Gasteiger partial charge in [-0.3, -0.25) is 29.5 Å². The van der Waals surface area contributed by atoms with Gasteiger partial charge in [0.05, 0.1) is 35.3 Å². The molecule has 174 valence electrons. The molecule has 0 radical (unpaired) electrons. The average molecular weight is 468 g/mol. The molecule has 3 aromatic rings. The number of hydrogen-bond acceptors (Lipinski definition) is 8. The van der Waals surface area contributed by atoms with Crippen LogP contribution in [0.15, 0.2) is 47.3 Å². The molecule has 2 aromatic carbocycles. The van der Waals surface area contributed by atoms with Crippen LogP contribution < -0.4 is 26.2 Å². The van der Waals surface area contributed by atoms with Gasteiger partial charge in [0, 0.05) is 18.2 Å². The number of nitro groups is 1. The van der Waals surface area contributed by atoms with E-state index in [1.165, 1.54) is 43.5 Å². The third-order valence-electron chi connectivity index (χ3n) is 5.03. The largest absolute Gasteiger partial charge is 0.494 e. The van der Waals surface area contributed by atoms with Gasteiger partial charge in [-0.1, -0.05) is 0 Å². The van der Waals surface area contributed by atoms with Crippen LogP contribution in [0.3, 0.4) is 0 Å². The number of nitro benzene ring substituents is 1. The van der Waals surface area contributed by atoms with Crippen molar-refractivity contribution in [3.8, 4) is 5.75 Å². The van der Waals surface area contributed by atoms with Crippen molar-refractivity contribution in [1.29, 1.82) is 0 Å². The maximum atomic E-state index is 13.1. The summed E-state index contributed by atoms with van der Waals surface area (Å²) in [5.74, 6) is -2.94. The van der Waals surface area contributed by atoms with Crippen LogP contribution >= 0.6 is 0 Å². The molecule has 34 heavy (non-hydrogen) atoms. The molecule has 1 aromatic heterocycles. The number of H-pyrrole nitrogens is 1. The molecule has 1 atom stereocenters. The van der Waals surface area contributed by atoms with Crippen molar-refractivity contribution in [2.45, 2.75) is 12.3 Å². The standard InChI is InChI=1S/C21H17FN6O6/c1-34-15-8-12(28(32)33)6-7-14(15)24-19(30)13-9-16(29)25-18-17(13)20(31)27-21(26-18)23-11-4-2-10(22)3-5-11/h2-8,13H,9H2,1H3,(H,24,30)(H3,23,25,26,27,29,31)/t13-/m0/s1. The Morgan fingerprint density at radius 3 is 2.65 bits per heavy atom. The van der Waals surface area contributed by atoms with Crippen molar-refractivity contribution in [2.75, 3.05) is 23.1 Å². The SMILES string of the molecule is COc1cc([N+](=O)[O-])ccc1NC(=O)[C@H]1CC(=O)Nc2nc(Nc3ccc(F)cc3)[nH]c(=O)c21. The Balaban J connectivity index is 1.63. The van der Waals surface area contributed by atoms with Gasteiger partial charge >= 0.3 is 0 Å². The third-order valence-corrected chi connectivity index (χ3v) is 5.03. The fraction of sp³-hybridized carbons (Fsp3) is 0.143. The molecular weight excluding hydrogens is 451 g/mol. The second-order valence-electron chi connectivity index (χ2n) is 7.24. The number of nitrogens with one attached hydrogen (secondary N) is 4. The van der Waals surface area contributed by atoms with E-state index in [2.05, 4.69) is 25.9 Å². The Morgan fingerprint density at radius 2 is 1.97 bits per heavy atom. The molecule has 4 N–H and O–H groups in total. The first-order chi connectivity index (χ1) is 16.2. The van der Waals surface area contributed by atoms with Gasteiger partial charge in [0.15, 0.2) is 0 Å². The third kappa shape index (κ3) is 4.53. The maximum absolute atomic E-state index is 13.1. The molecule has 0 spiro atoms. The number of ether oxygens (including phenoxy) is 1. The van der Waals surface area contributed by atoms with Crippen molar-refractivity contribution < 1.29 is 23.6 Å². The lowest BCUT2D eigenvalue weighted by molar-refractivity contribution is -0.384. The van der Waals surface area contributed by atoms with Crippen molar-refractivity contribution in [3.63, 3.8) is 0 Å². The Bertz CT molecular complexity index is 1360. The number of benzene rings is 2. The summed E-state index contributed by atoms with van der Waals surface area (Å²) in [6, 6.07) is 8.90. The first-order valence-corrected chi connectivity index (χ1v) is 9.85. The van der Waals surface area contributed by atoms with Crippen LogP contribution in [0.1, 0.15) is 17.9 Å². The summed E-state index contributed by atoms with van der Waals surface area (Å²) < 4.78 is 18.2. The van der Waals surface area contributed by atoms with Crippen LogP contribution in [0.4, 0.5) is 33.2 Å². The Morgan fingerprint density at radius 1 is 1.24 bits per heavy atom. The van der Waals surface area contributed by atoms with Crippen molar-refractivity contribution >= 4 is 40.6 Å². The first-order valence-electron chi connectivity index (χ1n) is 9.85. The van der Waals surface area contributed by atoms with Gasteiger partial charge in [-0.25, -0.2) is 4.39 Å². The first kappa shape index (κ1) is 22.4. The lowest BCUT2D eigenvalue weighted by atomic mass is 9.92. The van der Waals surface area contributed by atoms with E-state index in [4.69, 9.17) is 4.74 Å². The minimum atomic E-state index is -1.18. The minimum absolute atomic E-state index is 0.0197. The Hall–Kier alpha value is -4.81. The molecule has 0 unspecified atom stereocenters. The van der Waals surface area contributed by atoms with Crippen LogP contribution in [0.5, 0.6) is 5.75 Å². The van der Waals surface area contributed by atoms with E-state index in [0.717, 1.165) is 6.07 Å². The zero-order chi connectivity index (χ0) is 24.4. The van der Waals surface area contributed by atoms with Crippen molar-refractivity contribution in [2.24, 2.45) is 0 Å². The van der Waals surface area contributed by atoms with Crippen LogP contribution in [-0.4, -0.2) is 33.8 Å². The second-order valence-corrected chi connectivity index (χ2v) is 7.24. The van der Waals surface area contributed by atoms with Gasteiger partial charge < -0.3 is 20.7 Å². The van der Waals surface area contributed by atoms with E-state index in [1.807, 2.05) is 0 Å². The Kier molecular flexibility index (Phi) is 5.91. The van der Waals surface area contributed by atoms with E-state index in [1.54, 1.807) is 0 Å². The predicted molar refractivity (Wildman–Crippen MR) is 119 cm³/mol. The maximum Gasteiger partial charge on any atom is 0.273 e. The summed E-state index contributed by atoms with van der Waals surface area (Å²) in [6.07, 6.45) is -0.316. The molecule has 2 heterocycles. The molecule has 13 heteroatoms. The highest BCUT2D eigenvalue weighted by atomic mass is 19.1. The van der Waals surface area contributed by atoms with Gasteiger partial charge in [0.25, 0.3) is 11.2 Å². The molecule has 0 fully saturated rings. The van der Waals surface area contributed by atoms with E-state index < -0.39 is 34.0 Å². The van der Waals surface area contributed by atoms with Gasteiger partial charge in [0.2, 0.25) is 17.8 Å². The average Bonchev–Trinajstić information content (AvgIpc) is 2.79. The zero-order valence-electron chi connectivity index (χ0n) is 17.5. The number of rotatable bonds is 6. The molecule has 1 aliphatic heterocycles. The zero-order valence-corrected chi connectivity index (χ0v) is 17.5. The number of carbonyl (C=O) groups is 2. The highest BCUT2D eigenvalue weighted by molar-refractivity contribution is 6.05. The normalized spacial score (nSPS) is 14.5. The number of anilines is 4. The number of non-ortho nitro benzene ring substituents is 1. The fourth-order valence-electron chi connectivity index (χ4n) is 3.44. The molecule has 12 nitrogen and oxygen atoms in total. The van der Waals surface area contributed by atoms with Crippen molar-refractivity contribution in [3.05, 3.63) is 74.3 Å². The lowest BCUT2D eigenvalue weighted by Crippen LogP contribution is -2.36. The highest BCUT2D eigenvalue weighted by Gasteiger charge is 2.35. The van der Waals surface area contributed by atoms with Crippen molar-refractivity contribution in [1.82, 2.24) is 9.97 Å². The molecule has 0 saturated carbocycles. The summed E-state index contributed by atoms with van der Waals surface area (Å²) in [7, 11) is 1.28. The Labute approximate surface area is 190 Å². The van der Waals surface area contributed by atoms with Gasteiger partial charge in [-0.05, 0) is 30.3 Å². The molecule has 0 saturated heterocycles. The van der Waals surface area contributed by atoms with E-state index in [-0.39, 0.29) is 40.9 Å². The monoisotopic (exact) mass is 468 g/mol. The summed E-state index contributed by atoms with van der Waals surface area (Å²) in [5, 5.41) is 18.8. The van der Waals surface area contributed by atoms with E-state index >= 15 is 0 Å². The molecule has 2 amide bonds. The molecule has 1 aliphatic rings. The number of aromatic nitrogens is 2. The summed E-state index contributed by atoms with van der Waals surface area (Å²) in [5.41, 5.74) is -0.386. The van der Waals surface area contributed by atoms with Crippen LogP contribution in [0.2, 0.25) is 0 Å². The molecule has 0 bridgehead atoms. The van der Waals surface area contributed by atoms with Gasteiger partial charge in [-0.2, -0.15) is 4.98 Å². The topological polar surface area (TPSA) is 168 Å². The number of fused-ring (bicyclic) bond motifs is 1. The van der Waals surface area contributed by atoms with E-state index in [9.17, 15) is 28.9 Å². The summed E-state index contributed by atoms with van der Waals surface area (Å²) in [4.78, 5) is 55.1. The van der Waals surface area contributed by atoms with Gasteiger partial charge in [0.1, 0.15) is 17.4 Å². The lowest BCUT2D eigenvalue weighted by Gasteiger charge is -2.24. The van der Waals surface area contributed by atoms with Crippen LogP contribution in [-0.2, 0) is 9.59 Å². The number of aromatic amines is 1. The quantitative estimate of drug-likeness (QED) is 0.316. The fourth-order valence-corrected chi connectivity index (χ4v) is 3.44. The van der Waals surface area contributed by atoms with Crippen LogP contribution in [0.25, 0.3) is 0 Å². The molecule has 4 rings (SSSR count). The van der Waals surface area contributed by atoms with Crippen LogP contribution in [0, 0.1) is 15.9 Å². The number of nitrogens with zero attached hydrogens (tertiary/aromatic N) is 2. The summed E-state index contributed by atoms with van der Waals surface area (Å²) in [6.45, 7) is 0. The minimum Gasteiger partial charge on any atom is -0.494 e. The number of carbonyl (C=O) groups excluding carboxylic acids is 2. The number of amides is 2. The highest BCUT2D eigenvalue weighted by Crippen LogP contribution is 2.33. The number of methoxy groups -OCH3 is 1. The van der Waals surface area contributed by atoms with E-state index in [0.29, 0.717) is 5.69 Å². The number of halogens is 1. The smallest absolute Gasteiger partial charge is 0.273 e. The van der Waals surface area contributed by atoms with Gasteiger partial charge in [-0.15, -0.1) is 0 Å². The summed E-state index contributed by atoms with van der Waals surface area (Å²) >= 11 is 0. The molecule has 0 aliphatic carbocycles. The predicted octanol–water partition coefficient (Wildman–Crippen LogP) is 2.63. The number of hydrogen-bond donors (Lipinski definition) is 4. The molecular formula is C21H17FN6O6.